The van der Waals surface area contributed by atoms with Gasteiger partial charge in [0.25, 0.3) is 0 Å². The highest BCUT2D eigenvalue weighted by atomic mass is 35.5. The summed E-state index contributed by atoms with van der Waals surface area (Å²) in [6.07, 6.45) is 0. The van der Waals surface area contributed by atoms with Gasteiger partial charge < -0.3 is 19.1 Å². The van der Waals surface area contributed by atoms with E-state index in [9.17, 15) is 18.0 Å². The van der Waals surface area contributed by atoms with E-state index < -0.39 is 22.0 Å². The van der Waals surface area contributed by atoms with Gasteiger partial charge in [0.05, 0.1) is 42.0 Å². The summed E-state index contributed by atoms with van der Waals surface area (Å²) >= 11 is 6.13. The summed E-state index contributed by atoms with van der Waals surface area (Å²) < 4.78 is 37.8. The second-order valence-corrected chi connectivity index (χ2v) is 6.84. The standard InChI is InChI=1S/C14H15ClN2O7S/c1-22-13(18)9-6-24-7-17(12(9)14(19)23-2)11-5-8(25(16,20)21)3-4-10(11)15/h3-5H,6-7H2,1-2H3,(H2,16,20,21). The average Bonchev–Trinajstić information content (AvgIpc) is 2.59. The fourth-order valence-electron chi connectivity index (χ4n) is 2.21. The number of hydrogen-bond acceptors (Lipinski definition) is 8. The van der Waals surface area contributed by atoms with Crippen LogP contribution in [-0.2, 0) is 33.8 Å². The molecule has 0 radical (unpaired) electrons. The van der Waals surface area contributed by atoms with Crippen LogP contribution in [-0.4, -0.2) is 47.9 Å². The maximum atomic E-state index is 12.2. The lowest BCUT2D eigenvalue weighted by Crippen LogP contribution is -2.39. The number of primary sulfonamides is 1. The van der Waals surface area contributed by atoms with E-state index in [-0.39, 0.29) is 40.2 Å². The SMILES string of the molecule is COC(=O)C1=C(C(=O)OC)N(c2cc(S(N)(=O)=O)ccc2Cl)COC1. The van der Waals surface area contributed by atoms with Crippen LogP contribution in [0.5, 0.6) is 0 Å². The van der Waals surface area contributed by atoms with Crippen LogP contribution in [0.1, 0.15) is 0 Å². The van der Waals surface area contributed by atoms with E-state index in [1.54, 1.807) is 0 Å². The first-order valence-corrected chi connectivity index (χ1v) is 8.70. The second kappa shape index (κ2) is 7.40. The van der Waals surface area contributed by atoms with Gasteiger partial charge in [-0.25, -0.2) is 23.1 Å². The molecular weight excluding hydrogens is 376 g/mol. The van der Waals surface area contributed by atoms with Crippen LogP contribution in [0.2, 0.25) is 5.02 Å². The van der Waals surface area contributed by atoms with E-state index >= 15 is 0 Å². The molecule has 9 nitrogen and oxygen atoms in total. The molecule has 0 aromatic heterocycles. The molecule has 0 saturated carbocycles. The van der Waals surface area contributed by atoms with Crippen molar-refractivity contribution in [1.29, 1.82) is 0 Å². The van der Waals surface area contributed by atoms with Crippen molar-refractivity contribution in [3.05, 3.63) is 34.5 Å². The predicted octanol–water partition coefficient (Wildman–Crippen LogP) is 0.382. The summed E-state index contributed by atoms with van der Waals surface area (Å²) in [6.45, 7) is -0.348. The largest absolute Gasteiger partial charge is 0.466 e. The van der Waals surface area contributed by atoms with E-state index in [1.807, 2.05) is 0 Å². The van der Waals surface area contributed by atoms with Gasteiger partial charge >= 0.3 is 11.9 Å². The average molecular weight is 391 g/mol. The summed E-state index contributed by atoms with van der Waals surface area (Å²) in [7, 11) is -1.72. The minimum absolute atomic E-state index is 0.0855. The number of methoxy groups -OCH3 is 2. The van der Waals surface area contributed by atoms with E-state index in [1.165, 1.54) is 23.1 Å². The first kappa shape index (κ1) is 19.2. The number of anilines is 1. The number of carbonyl (C=O) groups excluding carboxylic acids is 2. The molecule has 2 N–H and O–H groups in total. The molecule has 1 aromatic rings. The zero-order chi connectivity index (χ0) is 18.8. The van der Waals surface area contributed by atoms with E-state index in [0.29, 0.717) is 0 Å². The number of nitrogens with zero attached hydrogens (tertiary/aromatic N) is 1. The van der Waals surface area contributed by atoms with Gasteiger partial charge in [-0.3, -0.25) is 0 Å². The smallest absolute Gasteiger partial charge is 0.355 e. The molecule has 136 valence electrons. The summed E-state index contributed by atoms with van der Waals surface area (Å²) in [5.74, 6) is -1.62. The van der Waals surface area contributed by atoms with Crippen LogP contribution in [0.3, 0.4) is 0 Å². The van der Waals surface area contributed by atoms with Crippen LogP contribution in [0.4, 0.5) is 5.69 Å². The van der Waals surface area contributed by atoms with Gasteiger partial charge in [0.2, 0.25) is 10.0 Å². The molecule has 1 aliphatic heterocycles. The topological polar surface area (TPSA) is 125 Å². The van der Waals surface area contributed by atoms with Crippen LogP contribution < -0.4 is 10.0 Å². The Morgan fingerprint density at radius 1 is 1.24 bits per heavy atom. The number of carbonyl (C=O) groups is 2. The van der Waals surface area contributed by atoms with Crippen molar-refractivity contribution in [2.75, 3.05) is 32.5 Å². The molecule has 11 heteroatoms. The number of hydrogen-bond donors (Lipinski definition) is 1. The minimum Gasteiger partial charge on any atom is -0.466 e. The molecule has 1 heterocycles. The first-order valence-electron chi connectivity index (χ1n) is 6.78. The van der Waals surface area contributed by atoms with Crippen molar-refractivity contribution in [1.82, 2.24) is 0 Å². The fraction of sp³-hybridized carbons (Fsp3) is 0.286. The number of esters is 2. The second-order valence-electron chi connectivity index (χ2n) is 4.87. The summed E-state index contributed by atoms with van der Waals surface area (Å²) in [6, 6.07) is 3.69. The minimum atomic E-state index is -4.01. The summed E-state index contributed by atoms with van der Waals surface area (Å²) in [5.41, 5.74) is -0.138. The van der Waals surface area contributed by atoms with Crippen molar-refractivity contribution >= 4 is 39.3 Å². The molecule has 0 aliphatic carbocycles. The van der Waals surface area contributed by atoms with E-state index in [2.05, 4.69) is 4.74 Å². The molecule has 0 atom stereocenters. The number of sulfonamides is 1. The highest BCUT2D eigenvalue weighted by Gasteiger charge is 2.33. The normalized spacial score (nSPS) is 15.1. The van der Waals surface area contributed by atoms with Gasteiger partial charge in [-0.1, -0.05) is 11.6 Å². The highest BCUT2D eigenvalue weighted by molar-refractivity contribution is 7.89. The lowest BCUT2D eigenvalue weighted by atomic mass is 10.1. The van der Waals surface area contributed by atoms with Crippen LogP contribution in [0.25, 0.3) is 0 Å². The third-order valence-corrected chi connectivity index (χ3v) is 4.60. The van der Waals surface area contributed by atoms with Crippen molar-refractivity contribution < 1.29 is 32.2 Å². The molecule has 0 bridgehead atoms. The maximum absolute atomic E-state index is 12.2. The molecule has 1 aliphatic rings. The van der Waals surface area contributed by atoms with Gasteiger partial charge in [0.1, 0.15) is 12.4 Å². The Bertz CT molecular complexity index is 851. The highest BCUT2D eigenvalue weighted by Crippen LogP contribution is 2.34. The first-order chi connectivity index (χ1) is 11.7. The Morgan fingerprint density at radius 3 is 2.44 bits per heavy atom. The Labute approximate surface area is 148 Å². The quantitative estimate of drug-likeness (QED) is 0.731. The van der Waals surface area contributed by atoms with Crippen LogP contribution in [0.15, 0.2) is 34.4 Å². The van der Waals surface area contributed by atoms with Crippen molar-refractivity contribution in [3.63, 3.8) is 0 Å². The van der Waals surface area contributed by atoms with Crippen LogP contribution in [0, 0.1) is 0 Å². The third-order valence-electron chi connectivity index (χ3n) is 3.37. The Hall–Kier alpha value is -2.14. The van der Waals surface area contributed by atoms with Crippen molar-refractivity contribution in [3.8, 4) is 0 Å². The van der Waals surface area contributed by atoms with Gasteiger partial charge in [-0.05, 0) is 18.2 Å². The number of ether oxygens (including phenoxy) is 3. The fourth-order valence-corrected chi connectivity index (χ4v) is 2.96. The Kier molecular flexibility index (Phi) is 5.68. The molecule has 25 heavy (non-hydrogen) atoms. The van der Waals surface area contributed by atoms with Gasteiger partial charge in [-0.2, -0.15) is 0 Å². The molecule has 0 fully saturated rings. The van der Waals surface area contributed by atoms with Crippen molar-refractivity contribution in [2.24, 2.45) is 5.14 Å². The molecule has 1 aromatic carbocycles. The Morgan fingerprint density at radius 2 is 1.88 bits per heavy atom. The zero-order valence-corrected chi connectivity index (χ0v) is 14.9. The van der Waals surface area contributed by atoms with E-state index in [0.717, 1.165) is 14.2 Å². The number of rotatable bonds is 4. The number of nitrogens with two attached hydrogens (primary N) is 1. The van der Waals surface area contributed by atoms with Gasteiger partial charge in [0, 0.05) is 0 Å². The molecule has 0 spiro atoms. The van der Waals surface area contributed by atoms with Gasteiger partial charge in [0.15, 0.2) is 0 Å². The monoisotopic (exact) mass is 390 g/mol. The molecule has 0 unspecified atom stereocenters. The summed E-state index contributed by atoms with van der Waals surface area (Å²) in [5, 5.41) is 5.24. The number of benzene rings is 1. The lowest BCUT2D eigenvalue weighted by molar-refractivity contribution is -0.140. The maximum Gasteiger partial charge on any atom is 0.355 e. The Balaban J connectivity index is 2.67. The summed E-state index contributed by atoms with van der Waals surface area (Å²) in [4.78, 5) is 25.1. The zero-order valence-electron chi connectivity index (χ0n) is 13.3. The van der Waals surface area contributed by atoms with Gasteiger partial charge in [-0.15, -0.1) is 0 Å². The van der Waals surface area contributed by atoms with Crippen molar-refractivity contribution in [2.45, 2.75) is 4.90 Å². The molecule has 2 rings (SSSR count). The van der Waals surface area contributed by atoms with E-state index in [4.69, 9.17) is 26.2 Å². The molecule has 0 amide bonds. The molecule has 0 saturated heterocycles. The van der Waals surface area contributed by atoms with Crippen LogP contribution >= 0.6 is 11.6 Å². The predicted molar refractivity (Wildman–Crippen MR) is 87.2 cm³/mol. The third kappa shape index (κ3) is 3.93. The number of halogens is 1. The lowest BCUT2D eigenvalue weighted by Gasteiger charge is -2.32. The molecular formula is C14H15ClN2O7S.